The van der Waals surface area contributed by atoms with Gasteiger partial charge in [-0.2, -0.15) is 0 Å². The molecule has 3 rings (SSSR count). The molecule has 1 saturated heterocycles. The third kappa shape index (κ3) is 6.01. The highest BCUT2D eigenvalue weighted by Crippen LogP contribution is 2.22. The maximum absolute atomic E-state index is 11.9. The molecule has 8 heteroatoms. The average molecular weight is 388 g/mol. The Morgan fingerprint density at radius 2 is 2.16 bits per heavy atom. The summed E-state index contributed by atoms with van der Waals surface area (Å²) in [6.45, 7) is 3.05. The maximum atomic E-state index is 11.9. The summed E-state index contributed by atoms with van der Waals surface area (Å²) in [6, 6.07) is 9.79. The minimum Gasteiger partial charge on any atom is -0.491 e. The van der Waals surface area contributed by atoms with E-state index in [0.29, 0.717) is 26.3 Å². The zero-order valence-corrected chi connectivity index (χ0v) is 15.4. The predicted octanol–water partition coefficient (Wildman–Crippen LogP) is 1.95. The molecule has 25 heavy (non-hydrogen) atoms. The van der Waals surface area contributed by atoms with Gasteiger partial charge in [-0.25, -0.2) is 0 Å². The van der Waals surface area contributed by atoms with Crippen molar-refractivity contribution in [2.45, 2.75) is 12.5 Å². The quantitative estimate of drug-likeness (QED) is 0.741. The van der Waals surface area contributed by atoms with Crippen LogP contribution in [0.25, 0.3) is 10.9 Å². The fraction of sp³-hybridized carbons (Fsp3) is 0.412. The van der Waals surface area contributed by atoms with Crippen molar-refractivity contribution in [3.63, 3.8) is 0 Å². The largest absolute Gasteiger partial charge is 0.491 e. The average Bonchev–Trinajstić information content (AvgIpc) is 2.62. The Bertz CT molecular complexity index is 661. The van der Waals surface area contributed by atoms with Crippen molar-refractivity contribution in [1.82, 2.24) is 15.6 Å². The molecular formula is C17H23Cl2N3O3. The number of carbonyl (C=O) groups is 1. The molecule has 1 amide bonds. The van der Waals surface area contributed by atoms with E-state index in [0.717, 1.165) is 29.6 Å². The third-order valence-electron chi connectivity index (χ3n) is 3.69. The van der Waals surface area contributed by atoms with Crippen molar-refractivity contribution in [3.05, 3.63) is 36.5 Å². The predicted molar refractivity (Wildman–Crippen MR) is 102 cm³/mol. The molecule has 2 aromatic rings. The Balaban J connectivity index is 0.00000156. The summed E-state index contributed by atoms with van der Waals surface area (Å²) in [7, 11) is 0. The summed E-state index contributed by atoms with van der Waals surface area (Å²) in [5, 5.41) is 7.07. The number of nitrogens with zero attached hydrogens (tertiary/aromatic N) is 1. The van der Waals surface area contributed by atoms with Crippen LogP contribution < -0.4 is 15.4 Å². The summed E-state index contributed by atoms with van der Waals surface area (Å²) in [5.41, 5.74) is 0.862. The van der Waals surface area contributed by atoms with Gasteiger partial charge in [-0.1, -0.05) is 18.2 Å². The van der Waals surface area contributed by atoms with Crippen molar-refractivity contribution in [1.29, 1.82) is 0 Å². The monoisotopic (exact) mass is 387 g/mol. The fourth-order valence-electron chi connectivity index (χ4n) is 2.51. The molecule has 2 N–H and O–H groups in total. The lowest BCUT2D eigenvalue weighted by molar-refractivity contribution is -0.134. The summed E-state index contributed by atoms with van der Waals surface area (Å²) < 4.78 is 11.2. The molecule has 0 saturated carbocycles. The Hall–Kier alpha value is -1.60. The van der Waals surface area contributed by atoms with Gasteiger partial charge < -0.3 is 20.1 Å². The zero-order valence-electron chi connectivity index (χ0n) is 13.8. The van der Waals surface area contributed by atoms with Gasteiger partial charge in [0.1, 0.15) is 17.4 Å². The molecule has 1 aromatic carbocycles. The Kier molecular flexibility index (Phi) is 9.52. The SMILES string of the molecule is Cl.Cl.O=C(NCCCOc1cccc2cccnc12)C1CNCCO1. The molecular weight excluding hydrogens is 365 g/mol. The number of rotatable bonds is 6. The molecule has 0 aliphatic carbocycles. The van der Waals surface area contributed by atoms with Crippen LogP contribution in [0.2, 0.25) is 0 Å². The van der Waals surface area contributed by atoms with Crippen LogP contribution in [0.4, 0.5) is 0 Å². The van der Waals surface area contributed by atoms with E-state index in [1.807, 2.05) is 30.3 Å². The lowest BCUT2D eigenvalue weighted by Crippen LogP contribution is -2.48. The summed E-state index contributed by atoms with van der Waals surface area (Å²) in [5.74, 6) is 0.707. The minimum atomic E-state index is -0.382. The van der Waals surface area contributed by atoms with Crippen LogP contribution in [0.15, 0.2) is 36.5 Å². The summed E-state index contributed by atoms with van der Waals surface area (Å²) in [6.07, 6.45) is 2.11. The van der Waals surface area contributed by atoms with Crippen LogP contribution in [-0.4, -0.2) is 49.8 Å². The van der Waals surface area contributed by atoms with E-state index in [4.69, 9.17) is 9.47 Å². The van der Waals surface area contributed by atoms with Crippen molar-refractivity contribution < 1.29 is 14.3 Å². The first-order chi connectivity index (χ1) is 11.3. The number of ether oxygens (including phenoxy) is 2. The number of fused-ring (bicyclic) bond motifs is 1. The van der Waals surface area contributed by atoms with E-state index in [9.17, 15) is 4.79 Å². The molecule has 1 aliphatic heterocycles. The highest BCUT2D eigenvalue weighted by molar-refractivity contribution is 5.86. The highest BCUT2D eigenvalue weighted by atomic mass is 35.5. The van der Waals surface area contributed by atoms with Crippen LogP contribution in [0.3, 0.4) is 0 Å². The van der Waals surface area contributed by atoms with E-state index in [2.05, 4.69) is 15.6 Å². The first kappa shape index (κ1) is 21.4. The van der Waals surface area contributed by atoms with Gasteiger partial charge in [-0.15, -0.1) is 24.8 Å². The van der Waals surface area contributed by atoms with Gasteiger partial charge in [0.05, 0.1) is 13.2 Å². The number of aromatic nitrogens is 1. The van der Waals surface area contributed by atoms with Gasteiger partial charge in [-0.3, -0.25) is 9.78 Å². The van der Waals surface area contributed by atoms with E-state index in [1.54, 1.807) is 6.20 Å². The Morgan fingerprint density at radius 1 is 1.32 bits per heavy atom. The number of para-hydroxylation sites is 1. The second-order valence-electron chi connectivity index (χ2n) is 5.39. The molecule has 0 radical (unpaired) electrons. The second kappa shape index (κ2) is 11.1. The van der Waals surface area contributed by atoms with Crippen LogP contribution in [0.5, 0.6) is 5.75 Å². The Labute approximate surface area is 159 Å². The standard InChI is InChI=1S/C17H21N3O3.2ClH/c21-17(15-12-18-9-11-23-15)20-8-3-10-22-14-6-1-4-13-5-2-7-19-16(13)14;;/h1-2,4-7,15,18H,3,8-12H2,(H,20,21);2*1H. The molecule has 0 bridgehead atoms. The van der Waals surface area contributed by atoms with Gasteiger partial charge in [0.2, 0.25) is 5.91 Å². The van der Waals surface area contributed by atoms with Crippen LogP contribution in [0, 0.1) is 0 Å². The van der Waals surface area contributed by atoms with Crippen molar-refractivity contribution in [2.24, 2.45) is 0 Å². The van der Waals surface area contributed by atoms with E-state index in [-0.39, 0.29) is 36.8 Å². The number of pyridine rings is 1. The molecule has 0 spiro atoms. The van der Waals surface area contributed by atoms with Crippen molar-refractivity contribution in [2.75, 3.05) is 32.8 Å². The molecule has 1 aliphatic rings. The summed E-state index contributed by atoms with van der Waals surface area (Å²) in [4.78, 5) is 16.2. The smallest absolute Gasteiger partial charge is 0.250 e. The molecule has 1 unspecified atom stereocenters. The first-order valence-electron chi connectivity index (χ1n) is 7.91. The molecule has 1 atom stereocenters. The van der Waals surface area contributed by atoms with Gasteiger partial charge in [0, 0.05) is 31.2 Å². The van der Waals surface area contributed by atoms with Crippen LogP contribution >= 0.6 is 24.8 Å². The summed E-state index contributed by atoms with van der Waals surface area (Å²) >= 11 is 0. The van der Waals surface area contributed by atoms with Crippen LogP contribution in [-0.2, 0) is 9.53 Å². The first-order valence-corrected chi connectivity index (χ1v) is 7.91. The number of morpholine rings is 1. The number of amides is 1. The number of halogens is 2. The molecule has 138 valence electrons. The van der Waals surface area contributed by atoms with E-state index in [1.165, 1.54) is 0 Å². The zero-order chi connectivity index (χ0) is 15.9. The van der Waals surface area contributed by atoms with Crippen LogP contribution in [0.1, 0.15) is 6.42 Å². The molecule has 6 nitrogen and oxygen atoms in total. The van der Waals surface area contributed by atoms with Crippen molar-refractivity contribution in [3.8, 4) is 5.75 Å². The number of hydrogen-bond acceptors (Lipinski definition) is 5. The molecule has 1 aromatic heterocycles. The minimum absolute atomic E-state index is 0. The topological polar surface area (TPSA) is 72.5 Å². The van der Waals surface area contributed by atoms with E-state index >= 15 is 0 Å². The van der Waals surface area contributed by atoms with Gasteiger partial charge in [0.15, 0.2) is 0 Å². The normalized spacial score (nSPS) is 16.4. The van der Waals surface area contributed by atoms with Gasteiger partial charge in [0.25, 0.3) is 0 Å². The van der Waals surface area contributed by atoms with E-state index < -0.39 is 0 Å². The van der Waals surface area contributed by atoms with Gasteiger partial charge >= 0.3 is 0 Å². The molecule has 2 heterocycles. The van der Waals surface area contributed by atoms with Gasteiger partial charge in [-0.05, 0) is 18.6 Å². The van der Waals surface area contributed by atoms with Crippen molar-refractivity contribution >= 4 is 41.6 Å². The number of hydrogen-bond donors (Lipinski definition) is 2. The second-order valence-corrected chi connectivity index (χ2v) is 5.39. The number of carbonyl (C=O) groups excluding carboxylic acids is 1. The number of nitrogens with one attached hydrogen (secondary N) is 2. The molecule has 1 fully saturated rings. The lowest BCUT2D eigenvalue weighted by atomic mass is 10.2. The highest BCUT2D eigenvalue weighted by Gasteiger charge is 2.20. The fourth-order valence-corrected chi connectivity index (χ4v) is 2.51. The number of benzene rings is 1. The third-order valence-corrected chi connectivity index (χ3v) is 3.69. The maximum Gasteiger partial charge on any atom is 0.250 e. The Morgan fingerprint density at radius 3 is 2.96 bits per heavy atom. The lowest BCUT2D eigenvalue weighted by Gasteiger charge is -2.22.